The molecule has 1 saturated carbocycles. The van der Waals surface area contributed by atoms with Crippen LogP contribution in [0.3, 0.4) is 0 Å². The highest BCUT2D eigenvalue weighted by Crippen LogP contribution is 2.38. The third kappa shape index (κ3) is 4.58. The summed E-state index contributed by atoms with van der Waals surface area (Å²) >= 11 is 5.73. The molecule has 2 aliphatic heterocycles. The van der Waals surface area contributed by atoms with E-state index >= 15 is 0 Å². The van der Waals surface area contributed by atoms with Gasteiger partial charge in [-0.1, -0.05) is 19.8 Å². The first-order valence-electron chi connectivity index (χ1n) is 9.60. The first-order valence-corrected chi connectivity index (χ1v) is 10.0. The highest BCUT2D eigenvalue weighted by Gasteiger charge is 2.38. The van der Waals surface area contributed by atoms with Crippen LogP contribution in [0.25, 0.3) is 0 Å². The highest BCUT2D eigenvalue weighted by atomic mass is 32.1. The largest absolute Gasteiger partial charge is 0.379 e. The van der Waals surface area contributed by atoms with Crippen LogP contribution < -0.4 is 5.32 Å². The number of piperidine rings is 1. The monoisotopic (exact) mass is 339 g/mol. The molecule has 0 unspecified atom stereocenters. The van der Waals surface area contributed by atoms with Gasteiger partial charge in [-0.15, -0.1) is 0 Å². The zero-order chi connectivity index (χ0) is 16.1. The van der Waals surface area contributed by atoms with E-state index < -0.39 is 0 Å². The number of rotatable bonds is 4. The van der Waals surface area contributed by atoms with Crippen LogP contribution in [0.5, 0.6) is 0 Å². The third-order valence-corrected chi connectivity index (χ3v) is 6.41. The van der Waals surface area contributed by atoms with Crippen molar-refractivity contribution in [3.8, 4) is 0 Å². The molecule has 3 atom stereocenters. The zero-order valence-corrected chi connectivity index (χ0v) is 15.5. The number of morpholine rings is 1. The quantitative estimate of drug-likeness (QED) is 0.627. The fourth-order valence-electron chi connectivity index (χ4n) is 4.59. The van der Waals surface area contributed by atoms with Crippen molar-refractivity contribution in [2.45, 2.75) is 51.5 Å². The van der Waals surface area contributed by atoms with E-state index in [0.717, 1.165) is 62.9 Å². The number of thiocarbonyl (C=S) groups is 1. The van der Waals surface area contributed by atoms with Gasteiger partial charge in [0, 0.05) is 32.2 Å². The summed E-state index contributed by atoms with van der Waals surface area (Å²) in [6.07, 6.45) is 8.00. The Hall–Kier alpha value is -0.390. The van der Waals surface area contributed by atoms with E-state index in [1.807, 2.05) is 0 Å². The van der Waals surface area contributed by atoms with Gasteiger partial charge in [-0.25, -0.2) is 0 Å². The SMILES string of the molecule is C[C@@H]1CCN(C(=S)NCCCN2CCOCC2)[C@H]2CCCC[C@@H]12. The van der Waals surface area contributed by atoms with Gasteiger partial charge in [-0.2, -0.15) is 0 Å². The Bertz CT molecular complexity index is 386. The maximum Gasteiger partial charge on any atom is 0.169 e. The number of nitrogens with zero attached hydrogens (tertiary/aromatic N) is 2. The molecule has 0 radical (unpaired) electrons. The molecule has 0 spiro atoms. The van der Waals surface area contributed by atoms with Crippen LogP contribution in [-0.2, 0) is 4.74 Å². The van der Waals surface area contributed by atoms with Crippen molar-refractivity contribution in [1.29, 1.82) is 0 Å². The molecular weight excluding hydrogens is 306 g/mol. The summed E-state index contributed by atoms with van der Waals surface area (Å²) in [5.41, 5.74) is 0. The Morgan fingerprint density at radius 3 is 2.74 bits per heavy atom. The second-order valence-corrected chi connectivity index (χ2v) is 7.90. The predicted molar refractivity (Wildman–Crippen MR) is 98.7 cm³/mol. The van der Waals surface area contributed by atoms with Gasteiger partial charge >= 0.3 is 0 Å². The molecule has 4 nitrogen and oxygen atoms in total. The highest BCUT2D eigenvalue weighted by molar-refractivity contribution is 7.80. The van der Waals surface area contributed by atoms with Crippen molar-refractivity contribution in [1.82, 2.24) is 15.1 Å². The second-order valence-electron chi connectivity index (χ2n) is 7.51. The molecule has 132 valence electrons. The number of nitrogens with one attached hydrogen (secondary N) is 1. The van der Waals surface area contributed by atoms with Crippen molar-refractivity contribution in [2.75, 3.05) is 45.9 Å². The summed E-state index contributed by atoms with van der Waals surface area (Å²) in [5, 5.41) is 4.55. The lowest BCUT2D eigenvalue weighted by molar-refractivity contribution is 0.0375. The smallest absolute Gasteiger partial charge is 0.169 e. The molecule has 2 saturated heterocycles. The summed E-state index contributed by atoms with van der Waals surface area (Å²) in [6.45, 7) is 9.69. The van der Waals surface area contributed by atoms with E-state index in [4.69, 9.17) is 17.0 Å². The van der Waals surface area contributed by atoms with Gasteiger partial charge < -0.3 is 15.0 Å². The van der Waals surface area contributed by atoms with Gasteiger partial charge in [0.05, 0.1) is 13.2 Å². The lowest BCUT2D eigenvalue weighted by Gasteiger charge is -2.48. The fraction of sp³-hybridized carbons (Fsp3) is 0.944. The number of fused-ring (bicyclic) bond motifs is 1. The average Bonchev–Trinajstić information content (AvgIpc) is 2.60. The van der Waals surface area contributed by atoms with E-state index in [0.29, 0.717) is 6.04 Å². The van der Waals surface area contributed by atoms with E-state index in [1.54, 1.807) is 0 Å². The molecule has 0 amide bonds. The first kappa shape index (κ1) is 17.4. The number of likely N-dealkylation sites (tertiary alicyclic amines) is 1. The topological polar surface area (TPSA) is 27.7 Å². The minimum Gasteiger partial charge on any atom is -0.379 e. The Kier molecular flexibility index (Phi) is 6.54. The van der Waals surface area contributed by atoms with Crippen LogP contribution in [0.4, 0.5) is 0 Å². The zero-order valence-electron chi connectivity index (χ0n) is 14.6. The first-order chi connectivity index (χ1) is 11.3. The molecule has 3 fully saturated rings. The fourth-order valence-corrected chi connectivity index (χ4v) is 4.92. The molecule has 0 aromatic rings. The van der Waals surface area contributed by atoms with Crippen molar-refractivity contribution in [2.24, 2.45) is 11.8 Å². The van der Waals surface area contributed by atoms with E-state index in [9.17, 15) is 0 Å². The van der Waals surface area contributed by atoms with Gasteiger partial charge in [0.1, 0.15) is 0 Å². The Labute approximate surface area is 146 Å². The molecule has 1 N–H and O–H groups in total. The summed E-state index contributed by atoms with van der Waals surface area (Å²) in [5.74, 6) is 1.74. The van der Waals surface area contributed by atoms with Crippen LogP contribution in [-0.4, -0.2) is 66.9 Å². The van der Waals surface area contributed by atoms with Crippen molar-refractivity contribution >= 4 is 17.3 Å². The minimum atomic E-state index is 0.701. The van der Waals surface area contributed by atoms with Crippen LogP contribution in [0.15, 0.2) is 0 Å². The van der Waals surface area contributed by atoms with Crippen molar-refractivity contribution < 1.29 is 4.74 Å². The third-order valence-electron chi connectivity index (χ3n) is 6.03. The van der Waals surface area contributed by atoms with Gasteiger partial charge in [0.25, 0.3) is 0 Å². The lowest BCUT2D eigenvalue weighted by Crippen LogP contribution is -2.55. The molecule has 2 heterocycles. The maximum absolute atomic E-state index is 5.73. The minimum absolute atomic E-state index is 0.701. The molecule has 1 aliphatic carbocycles. The van der Waals surface area contributed by atoms with Crippen molar-refractivity contribution in [3.05, 3.63) is 0 Å². The van der Waals surface area contributed by atoms with Crippen molar-refractivity contribution in [3.63, 3.8) is 0 Å². The number of hydrogen-bond donors (Lipinski definition) is 1. The Morgan fingerprint density at radius 2 is 1.91 bits per heavy atom. The average molecular weight is 340 g/mol. The predicted octanol–water partition coefficient (Wildman–Crippen LogP) is 2.48. The second kappa shape index (κ2) is 8.63. The molecule has 3 rings (SSSR count). The molecular formula is C18H33N3OS. The van der Waals surface area contributed by atoms with Crippen LogP contribution in [0.1, 0.15) is 45.4 Å². The standard InChI is InChI=1S/C18H33N3OS/c1-15-7-10-21(17-6-3-2-5-16(15)17)18(23)19-8-4-9-20-11-13-22-14-12-20/h15-17H,2-14H2,1H3,(H,19,23)/t15-,16+,17+/m1/s1. The Morgan fingerprint density at radius 1 is 1.13 bits per heavy atom. The summed E-state index contributed by atoms with van der Waals surface area (Å²) in [4.78, 5) is 5.02. The number of hydrogen-bond acceptors (Lipinski definition) is 3. The molecule has 0 aromatic heterocycles. The lowest BCUT2D eigenvalue weighted by atomic mass is 9.73. The summed E-state index contributed by atoms with van der Waals surface area (Å²) in [6, 6.07) is 0.701. The molecule has 3 aliphatic rings. The van der Waals surface area contributed by atoms with E-state index in [1.165, 1.54) is 38.5 Å². The van der Waals surface area contributed by atoms with Gasteiger partial charge in [0.2, 0.25) is 0 Å². The summed E-state index contributed by atoms with van der Waals surface area (Å²) < 4.78 is 5.40. The Balaban J connectivity index is 1.40. The molecule has 0 bridgehead atoms. The van der Waals surface area contributed by atoms with Crippen LogP contribution in [0.2, 0.25) is 0 Å². The number of ether oxygens (including phenoxy) is 1. The van der Waals surface area contributed by atoms with Gasteiger partial charge in [-0.05, 0) is 56.3 Å². The molecule has 23 heavy (non-hydrogen) atoms. The van der Waals surface area contributed by atoms with Crippen LogP contribution in [0, 0.1) is 11.8 Å². The molecule has 5 heteroatoms. The van der Waals surface area contributed by atoms with E-state index in [-0.39, 0.29) is 0 Å². The normalized spacial score (nSPS) is 32.4. The van der Waals surface area contributed by atoms with Crippen LogP contribution >= 0.6 is 12.2 Å². The summed E-state index contributed by atoms with van der Waals surface area (Å²) in [7, 11) is 0. The van der Waals surface area contributed by atoms with Gasteiger partial charge in [-0.3, -0.25) is 4.90 Å². The van der Waals surface area contributed by atoms with E-state index in [2.05, 4.69) is 22.0 Å². The molecule has 0 aromatic carbocycles. The van der Waals surface area contributed by atoms with Gasteiger partial charge in [0.15, 0.2) is 5.11 Å². The maximum atomic E-state index is 5.73.